The average molecular weight is 166 g/mol. The third-order valence-corrected chi connectivity index (χ3v) is 1.72. The number of nitrogens with one attached hydrogen (secondary N) is 2. The molecule has 0 atom stereocenters. The van der Waals surface area contributed by atoms with Crippen LogP contribution in [0.4, 0.5) is 11.4 Å². The highest BCUT2D eigenvalue weighted by Crippen LogP contribution is 2.18. The van der Waals surface area contributed by atoms with Crippen LogP contribution in [0.25, 0.3) is 0 Å². The van der Waals surface area contributed by atoms with Crippen LogP contribution in [0.5, 0.6) is 0 Å². The van der Waals surface area contributed by atoms with E-state index in [1.807, 2.05) is 25.1 Å². The maximum absolute atomic E-state index is 8.61. The highest BCUT2D eigenvalue weighted by Gasteiger charge is 1.96. The molecule has 1 rings (SSSR count). The summed E-state index contributed by atoms with van der Waals surface area (Å²) in [6.45, 7) is 4.96. The Balaban J connectivity index is 2.87. The van der Waals surface area contributed by atoms with Crippen molar-refractivity contribution in [2.45, 2.75) is 13.8 Å². The lowest BCUT2D eigenvalue weighted by Crippen LogP contribution is -1.99. The first-order valence-corrected chi connectivity index (χ1v) is 4.02. The van der Waals surface area contributed by atoms with E-state index in [9.17, 15) is 0 Å². The van der Waals surface area contributed by atoms with Gasteiger partial charge >= 0.3 is 0 Å². The maximum Gasteiger partial charge on any atom is 0.0606 e. The molecule has 0 radical (unpaired) electrons. The van der Waals surface area contributed by atoms with E-state index in [2.05, 4.69) is 17.7 Å². The van der Waals surface area contributed by atoms with Crippen molar-refractivity contribution in [1.29, 1.82) is 0 Å². The van der Waals surface area contributed by atoms with Gasteiger partial charge in [0.1, 0.15) is 0 Å². The number of rotatable bonds is 3. The molecule has 66 valence electrons. The summed E-state index contributed by atoms with van der Waals surface area (Å²) in [5.41, 5.74) is 5.06. The van der Waals surface area contributed by atoms with Gasteiger partial charge in [0.05, 0.1) is 5.69 Å². The predicted octanol–water partition coefficient (Wildman–Crippen LogP) is 2.23. The zero-order valence-corrected chi connectivity index (χ0v) is 7.39. The Labute approximate surface area is 72.4 Å². The average Bonchev–Trinajstić information content (AvgIpc) is 2.09. The van der Waals surface area contributed by atoms with E-state index in [1.165, 1.54) is 0 Å². The van der Waals surface area contributed by atoms with Crippen LogP contribution in [0.15, 0.2) is 18.2 Å². The van der Waals surface area contributed by atoms with Crippen molar-refractivity contribution in [3.63, 3.8) is 0 Å². The summed E-state index contributed by atoms with van der Waals surface area (Å²) >= 11 is 0. The molecule has 0 saturated heterocycles. The number of anilines is 2. The molecule has 0 aromatic heterocycles. The minimum atomic E-state index is 0.717. The summed E-state index contributed by atoms with van der Waals surface area (Å²) in [7, 11) is 0. The summed E-state index contributed by atoms with van der Waals surface area (Å²) < 4.78 is 0. The van der Waals surface area contributed by atoms with Gasteiger partial charge in [0, 0.05) is 12.2 Å². The van der Waals surface area contributed by atoms with Crippen LogP contribution in [-0.4, -0.2) is 11.8 Å². The van der Waals surface area contributed by atoms with Gasteiger partial charge in [-0.3, -0.25) is 10.7 Å². The van der Waals surface area contributed by atoms with Crippen molar-refractivity contribution in [3.05, 3.63) is 23.8 Å². The SMILES string of the molecule is CCNc1ccc(NO)cc1C. The third kappa shape index (κ3) is 1.89. The highest BCUT2D eigenvalue weighted by molar-refractivity contribution is 5.58. The molecular weight excluding hydrogens is 152 g/mol. The van der Waals surface area contributed by atoms with Crippen molar-refractivity contribution in [3.8, 4) is 0 Å². The van der Waals surface area contributed by atoms with E-state index >= 15 is 0 Å². The molecular formula is C9H14N2O. The summed E-state index contributed by atoms with van der Waals surface area (Å²) in [4.78, 5) is 0. The Morgan fingerprint density at radius 1 is 1.42 bits per heavy atom. The van der Waals surface area contributed by atoms with Gasteiger partial charge in [0.2, 0.25) is 0 Å². The summed E-state index contributed by atoms with van der Waals surface area (Å²) in [5.74, 6) is 0. The molecule has 3 heteroatoms. The fourth-order valence-electron chi connectivity index (χ4n) is 1.12. The van der Waals surface area contributed by atoms with Crippen molar-refractivity contribution >= 4 is 11.4 Å². The second kappa shape index (κ2) is 3.97. The van der Waals surface area contributed by atoms with Crippen LogP contribution in [-0.2, 0) is 0 Å². The number of hydrogen-bond donors (Lipinski definition) is 3. The third-order valence-electron chi connectivity index (χ3n) is 1.72. The Morgan fingerprint density at radius 2 is 2.17 bits per heavy atom. The monoisotopic (exact) mass is 166 g/mol. The molecule has 0 amide bonds. The van der Waals surface area contributed by atoms with Crippen LogP contribution < -0.4 is 10.8 Å². The summed E-state index contributed by atoms with van der Waals surface area (Å²) in [6.07, 6.45) is 0. The molecule has 0 unspecified atom stereocenters. The van der Waals surface area contributed by atoms with Crippen LogP contribution in [0, 0.1) is 6.92 Å². The van der Waals surface area contributed by atoms with Gasteiger partial charge in [-0.15, -0.1) is 0 Å². The van der Waals surface area contributed by atoms with Crippen LogP contribution >= 0.6 is 0 Å². The lowest BCUT2D eigenvalue weighted by Gasteiger charge is -2.08. The first-order valence-electron chi connectivity index (χ1n) is 4.02. The van der Waals surface area contributed by atoms with E-state index in [1.54, 1.807) is 0 Å². The quantitative estimate of drug-likeness (QED) is 0.603. The van der Waals surface area contributed by atoms with Crippen LogP contribution in [0.3, 0.4) is 0 Å². The van der Waals surface area contributed by atoms with Crippen LogP contribution in [0.1, 0.15) is 12.5 Å². The molecule has 0 saturated carbocycles. The second-order valence-electron chi connectivity index (χ2n) is 2.67. The molecule has 0 fully saturated rings. The van der Waals surface area contributed by atoms with Crippen molar-refractivity contribution in [2.75, 3.05) is 17.3 Å². The summed E-state index contributed by atoms with van der Waals surface area (Å²) in [6, 6.07) is 5.65. The lowest BCUT2D eigenvalue weighted by atomic mass is 10.2. The van der Waals surface area contributed by atoms with Crippen molar-refractivity contribution in [1.82, 2.24) is 0 Å². The standard InChI is InChI=1S/C9H14N2O/c1-3-10-9-5-4-8(11-12)6-7(9)2/h4-6,10-12H,3H2,1-2H3. The Morgan fingerprint density at radius 3 is 2.67 bits per heavy atom. The topological polar surface area (TPSA) is 44.3 Å². The minimum absolute atomic E-state index is 0.717. The zero-order valence-electron chi connectivity index (χ0n) is 7.39. The molecule has 1 aromatic rings. The van der Waals surface area contributed by atoms with Gasteiger partial charge in [-0.25, -0.2) is 0 Å². The molecule has 1 aromatic carbocycles. The fraction of sp³-hybridized carbons (Fsp3) is 0.333. The van der Waals surface area contributed by atoms with Gasteiger partial charge in [0.15, 0.2) is 0 Å². The van der Waals surface area contributed by atoms with Crippen molar-refractivity contribution in [2.24, 2.45) is 0 Å². The Hall–Kier alpha value is -1.22. The van der Waals surface area contributed by atoms with E-state index in [0.717, 1.165) is 17.8 Å². The van der Waals surface area contributed by atoms with E-state index in [0.29, 0.717) is 5.69 Å². The van der Waals surface area contributed by atoms with Gasteiger partial charge in [0.25, 0.3) is 0 Å². The summed E-state index contributed by atoms with van der Waals surface area (Å²) in [5, 5.41) is 11.8. The molecule has 0 aliphatic rings. The first kappa shape index (κ1) is 8.87. The normalized spacial score (nSPS) is 9.58. The maximum atomic E-state index is 8.61. The van der Waals surface area contributed by atoms with E-state index < -0.39 is 0 Å². The molecule has 0 spiro atoms. The molecule has 0 bridgehead atoms. The highest BCUT2D eigenvalue weighted by atomic mass is 16.5. The largest absolute Gasteiger partial charge is 0.385 e. The number of hydrogen-bond acceptors (Lipinski definition) is 3. The lowest BCUT2D eigenvalue weighted by molar-refractivity contribution is 0.389. The van der Waals surface area contributed by atoms with Gasteiger partial charge < -0.3 is 5.32 Å². The number of benzene rings is 1. The fourth-order valence-corrected chi connectivity index (χ4v) is 1.12. The molecule has 3 N–H and O–H groups in total. The minimum Gasteiger partial charge on any atom is -0.385 e. The van der Waals surface area contributed by atoms with Crippen LogP contribution in [0.2, 0.25) is 0 Å². The Kier molecular flexibility index (Phi) is 2.94. The predicted molar refractivity (Wildman–Crippen MR) is 50.8 cm³/mol. The number of aryl methyl sites for hydroxylation is 1. The van der Waals surface area contributed by atoms with Gasteiger partial charge in [-0.05, 0) is 37.6 Å². The van der Waals surface area contributed by atoms with Crippen molar-refractivity contribution < 1.29 is 5.21 Å². The van der Waals surface area contributed by atoms with Gasteiger partial charge in [-0.2, -0.15) is 0 Å². The molecule has 12 heavy (non-hydrogen) atoms. The molecule has 3 nitrogen and oxygen atoms in total. The van der Waals surface area contributed by atoms with E-state index in [4.69, 9.17) is 5.21 Å². The molecule has 0 aliphatic heterocycles. The molecule has 0 heterocycles. The smallest absolute Gasteiger partial charge is 0.0606 e. The molecule has 0 aliphatic carbocycles. The Bertz CT molecular complexity index is 261. The van der Waals surface area contributed by atoms with Gasteiger partial charge in [-0.1, -0.05) is 0 Å². The zero-order chi connectivity index (χ0) is 8.97. The second-order valence-corrected chi connectivity index (χ2v) is 2.67. The van der Waals surface area contributed by atoms with E-state index in [-0.39, 0.29) is 0 Å². The first-order chi connectivity index (χ1) is 5.77.